The lowest BCUT2D eigenvalue weighted by Gasteiger charge is -2.43. The van der Waals surface area contributed by atoms with Crippen LogP contribution in [-0.2, 0) is 17.8 Å². The Bertz CT molecular complexity index is 1710. The largest absolute Gasteiger partial charge is 0.475 e. The molecule has 45 heavy (non-hydrogen) atoms. The Hall–Kier alpha value is -4.67. The number of amides is 1. The van der Waals surface area contributed by atoms with Crippen LogP contribution in [0.15, 0.2) is 49.1 Å². The molecule has 2 fully saturated rings. The first kappa shape index (κ1) is 30.4. The molecule has 1 amide bonds. The first-order chi connectivity index (χ1) is 21.8. The number of aromatic nitrogens is 1. The molecule has 0 bridgehead atoms. The van der Waals surface area contributed by atoms with E-state index in [0.717, 1.165) is 29.2 Å². The van der Waals surface area contributed by atoms with Gasteiger partial charge in [-0.2, -0.15) is 10.5 Å². The molecular formula is C35H38FN7O2. The molecule has 3 aromatic rings. The van der Waals surface area contributed by atoms with Crippen LogP contribution in [0.5, 0.6) is 5.88 Å². The summed E-state index contributed by atoms with van der Waals surface area (Å²) in [6, 6.07) is 16.8. The van der Waals surface area contributed by atoms with Gasteiger partial charge in [-0.05, 0) is 49.9 Å². The summed E-state index contributed by atoms with van der Waals surface area (Å²) in [6.07, 6.45) is 1.58. The molecule has 2 saturated heterocycles. The van der Waals surface area contributed by atoms with Gasteiger partial charge in [0.05, 0.1) is 36.5 Å². The maximum Gasteiger partial charge on any atom is 0.246 e. The summed E-state index contributed by atoms with van der Waals surface area (Å²) >= 11 is 0. The molecule has 9 nitrogen and oxygen atoms in total. The van der Waals surface area contributed by atoms with E-state index >= 15 is 0 Å². The molecule has 0 spiro atoms. The number of aryl methyl sites for hydroxylation is 1. The summed E-state index contributed by atoms with van der Waals surface area (Å²) in [6.45, 7) is 8.91. The normalized spacial score (nSPS) is 21.7. The van der Waals surface area contributed by atoms with Gasteiger partial charge in [-0.25, -0.2) is 9.37 Å². The van der Waals surface area contributed by atoms with Crippen LogP contribution < -0.4 is 14.5 Å². The Morgan fingerprint density at radius 2 is 1.93 bits per heavy atom. The van der Waals surface area contributed by atoms with Gasteiger partial charge in [-0.3, -0.25) is 9.69 Å². The highest BCUT2D eigenvalue weighted by Crippen LogP contribution is 2.40. The minimum Gasteiger partial charge on any atom is -0.475 e. The number of hydrogen-bond donors (Lipinski definition) is 0. The predicted octanol–water partition coefficient (Wildman–Crippen LogP) is 4.52. The lowest BCUT2D eigenvalue weighted by molar-refractivity contribution is -0.128. The van der Waals surface area contributed by atoms with Crippen molar-refractivity contribution in [1.29, 1.82) is 10.5 Å². The molecule has 1 aromatic heterocycles. The van der Waals surface area contributed by atoms with Crippen LogP contribution in [-0.4, -0.2) is 85.3 Å². The number of ether oxygens (including phenoxy) is 1. The standard InChI is InChI=1S/C35H38FN7O2/c1-4-32(44)43-16-15-42(20-26(43)11-13-37)34-28-12-14-41(31-10-6-9-24-8-5-7-23(2)33(24)31)21-30(28)39-35(29(34)18-38)45-22-27-17-25(36)19-40(27)3/h4-10,25-27H,1,11-12,14-17,19-22H2,2-3H3/t25-,26-,27-/m0/s1. The van der Waals surface area contributed by atoms with Crippen molar-refractivity contribution in [3.63, 3.8) is 0 Å². The van der Waals surface area contributed by atoms with Crippen LogP contribution in [0.1, 0.15) is 35.2 Å². The van der Waals surface area contributed by atoms with E-state index in [2.05, 4.69) is 71.8 Å². The molecule has 0 saturated carbocycles. The molecule has 2 aromatic carbocycles. The highest BCUT2D eigenvalue weighted by atomic mass is 19.1. The lowest BCUT2D eigenvalue weighted by atomic mass is 9.95. The summed E-state index contributed by atoms with van der Waals surface area (Å²) in [5.41, 5.74) is 5.28. The van der Waals surface area contributed by atoms with Gasteiger partial charge < -0.3 is 19.4 Å². The van der Waals surface area contributed by atoms with Crippen molar-refractivity contribution < 1.29 is 13.9 Å². The molecule has 4 heterocycles. The fraction of sp³-hybridized carbons (Fsp3) is 0.429. The molecule has 232 valence electrons. The van der Waals surface area contributed by atoms with Crippen molar-refractivity contribution >= 4 is 28.1 Å². The van der Waals surface area contributed by atoms with E-state index in [1.54, 1.807) is 4.90 Å². The number of likely N-dealkylation sites (tertiary alicyclic amines) is 1. The van der Waals surface area contributed by atoms with E-state index in [9.17, 15) is 19.7 Å². The number of hydrogen-bond acceptors (Lipinski definition) is 8. The summed E-state index contributed by atoms with van der Waals surface area (Å²) in [7, 11) is 1.88. The van der Waals surface area contributed by atoms with E-state index in [1.165, 1.54) is 22.4 Å². The van der Waals surface area contributed by atoms with Crippen molar-refractivity contribution in [3.8, 4) is 18.0 Å². The highest BCUT2D eigenvalue weighted by molar-refractivity contribution is 5.97. The molecule has 3 aliphatic rings. The monoisotopic (exact) mass is 607 g/mol. The molecule has 0 radical (unpaired) electrons. The van der Waals surface area contributed by atoms with Crippen LogP contribution in [0.25, 0.3) is 10.8 Å². The molecule has 10 heteroatoms. The molecule has 6 rings (SSSR count). The molecular weight excluding hydrogens is 569 g/mol. The number of piperazine rings is 1. The van der Waals surface area contributed by atoms with Crippen molar-refractivity contribution in [3.05, 3.63) is 71.4 Å². The number of halogens is 1. The smallest absolute Gasteiger partial charge is 0.246 e. The SMILES string of the molecule is C=CC(=O)N1CCN(c2c(C#N)c(OC[C@@H]3C[C@H](F)CN3C)nc3c2CCN(c2cccc4cccc(C)c24)C3)C[C@@H]1CC#N. The molecule has 3 atom stereocenters. The van der Waals surface area contributed by atoms with Crippen LogP contribution in [0.2, 0.25) is 0 Å². The Morgan fingerprint density at radius 3 is 2.64 bits per heavy atom. The first-order valence-electron chi connectivity index (χ1n) is 15.5. The third-order valence-corrected chi connectivity index (χ3v) is 9.47. The zero-order chi connectivity index (χ0) is 31.7. The van der Waals surface area contributed by atoms with Crippen molar-refractivity contribution in [1.82, 2.24) is 14.8 Å². The third kappa shape index (κ3) is 5.79. The second-order valence-corrected chi connectivity index (χ2v) is 12.2. The average molecular weight is 608 g/mol. The maximum atomic E-state index is 14.2. The minimum atomic E-state index is -0.907. The predicted molar refractivity (Wildman–Crippen MR) is 172 cm³/mol. The molecule has 0 unspecified atom stereocenters. The Morgan fingerprint density at radius 1 is 1.13 bits per heavy atom. The topological polar surface area (TPSA) is 99.7 Å². The number of nitriles is 2. The van der Waals surface area contributed by atoms with Gasteiger partial charge in [-0.15, -0.1) is 0 Å². The average Bonchev–Trinajstić information content (AvgIpc) is 3.38. The van der Waals surface area contributed by atoms with Gasteiger partial charge in [-0.1, -0.05) is 36.9 Å². The number of alkyl halides is 1. The Balaban J connectivity index is 1.40. The van der Waals surface area contributed by atoms with Crippen LogP contribution >= 0.6 is 0 Å². The second kappa shape index (κ2) is 12.7. The zero-order valence-corrected chi connectivity index (χ0v) is 25.9. The van der Waals surface area contributed by atoms with Crippen LogP contribution in [0.4, 0.5) is 15.8 Å². The summed E-state index contributed by atoms with van der Waals surface area (Å²) < 4.78 is 20.4. The number of rotatable bonds is 7. The Kier molecular flexibility index (Phi) is 8.60. The van der Waals surface area contributed by atoms with Gasteiger partial charge in [0.25, 0.3) is 0 Å². The van der Waals surface area contributed by atoms with Crippen molar-refractivity contribution in [2.45, 2.75) is 51.0 Å². The number of nitrogens with zero attached hydrogens (tertiary/aromatic N) is 7. The summed E-state index contributed by atoms with van der Waals surface area (Å²) in [4.78, 5) is 25.7. The van der Waals surface area contributed by atoms with Crippen molar-refractivity contribution in [2.75, 3.05) is 56.2 Å². The second-order valence-electron chi connectivity index (χ2n) is 12.2. The van der Waals surface area contributed by atoms with E-state index in [4.69, 9.17) is 9.72 Å². The number of anilines is 2. The molecule has 0 aliphatic carbocycles. The van der Waals surface area contributed by atoms with E-state index < -0.39 is 6.17 Å². The third-order valence-electron chi connectivity index (χ3n) is 9.47. The number of benzene rings is 2. The minimum absolute atomic E-state index is 0.114. The van der Waals surface area contributed by atoms with E-state index in [1.807, 2.05) is 11.9 Å². The highest BCUT2D eigenvalue weighted by Gasteiger charge is 2.36. The first-order valence-corrected chi connectivity index (χ1v) is 15.5. The van der Waals surface area contributed by atoms with Gasteiger partial charge in [0.1, 0.15) is 24.4 Å². The lowest BCUT2D eigenvalue weighted by Crippen LogP contribution is -2.55. The fourth-order valence-electron chi connectivity index (χ4n) is 7.19. The number of fused-ring (bicyclic) bond motifs is 2. The maximum absolute atomic E-state index is 14.2. The summed E-state index contributed by atoms with van der Waals surface area (Å²) in [5, 5.41) is 22.5. The molecule has 3 aliphatic heterocycles. The van der Waals surface area contributed by atoms with Crippen LogP contribution in [0.3, 0.4) is 0 Å². The summed E-state index contributed by atoms with van der Waals surface area (Å²) in [5.74, 6) is 0.0448. The number of carbonyl (C=O) groups is 1. The zero-order valence-electron chi connectivity index (χ0n) is 25.9. The van der Waals surface area contributed by atoms with E-state index in [0.29, 0.717) is 51.1 Å². The Labute approximate surface area is 263 Å². The van der Waals surface area contributed by atoms with Gasteiger partial charge in [0, 0.05) is 55.4 Å². The van der Waals surface area contributed by atoms with Crippen LogP contribution in [0, 0.1) is 29.6 Å². The van der Waals surface area contributed by atoms with E-state index in [-0.39, 0.29) is 36.9 Å². The number of likely N-dealkylation sites (N-methyl/N-ethyl adjacent to an activating group) is 1. The fourth-order valence-corrected chi connectivity index (χ4v) is 7.19. The number of carbonyl (C=O) groups excluding carboxylic acids is 1. The quantitative estimate of drug-likeness (QED) is 0.362. The van der Waals surface area contributed by atoms with Gasteiger partial charge in [0.2, 0.25) is 11.8 Å². The van der Waals surface area contributed by atoms with Gasteiger partial charge >= 0.3 is 0 Å². The van der Waals surface area contributed by atoms with Gasteiger partial charge in [0.15, 0.2) is 0 Å². The number of pyridine rings is 1. The molecule has 0 N–H and O–H groups in total. The van der Waals surface area contributed by atoms with Crippen molar-refractivity contribution in [2.24, 2.45) is 0 Å².